The molecule has 3 rings (SSSR count). The van der Waals surface area contributed by atoms with Crippen LogP contribution in [0.4, 0.5) is 0 Å². The Morgan fingerprint density at radius 1 is 1.11 bits per heavy atom. The summed E-state index contributed by atoms with van der Waals surface area (Å²) >= 11 is 0. The van der Waals surface area contributed by atoms with Crippen LogP contribution in [0.2, 0.25) is 0 Å². The fraction of sp³-hybridized carbons (Fsp3) is 0.579. The van der Waals surface area contributed by atoms with Crippen LogP contribution in [0.25, 0.3) is 0 Å². The van der Waals surface area contributed by atoms with E-state index < -0.39 is 21.5 Å². The van der Waals surface area contributed by atoms with Gasteiger partial charge in [0.2, 0.25) is 21.8 Å². The second kappa shape index (κ2) is 7.81. The molecule has 0 atom stereocenters. The first-order valence-corrected chi connectivity index (χ1v) is 11.0. The summed E-state index contributed by atoms with van der Waals surface area (Å²) in [7, 11) is -3.56. The SMILES string of the molecule is CC(C)(NCC(=O)N1CCN(S(=O)(=O)c2ccc3c(c2)CCC3)CC1)C(N)=O. The number of benzene rings is 1. The molecular weight excluding hydrogens is 380 g/mol. The summed E-state index contributed by atoms with van der Waals surface area (Å²) in [5.41, 5.74) is 6.67. The number of amides is 2. The van der Waals surface area contributed by atoms with Crippen molar-refractivity contribution in [2.75, 3.05) is 32.7 Å². The Balaban J connectivity index is 1.59. The number of carbonyl (C=O) groups is 2. The standard InChI is InChI=1S/C19H28N4O4S/c1-19(2,18(20)25)21-13-17(24)22-8-10-23(11-9-22)28(26,27)16-7-6-14-4-3-5-15(14)12-16/h6-7,12,21H,3-5,8-11,13H2,1-2H3,(H2,20,25). The van der Waals surface area contributed by atoms with Gasteiger partial charge in [-0.05, 0) is 56.4 Å². The lowest BCUT2D eigenvalue weighted by molar-refractivity contribution is -0.132. The van der Waals surface area contributed by atoms with E-state index in [4.69, 9.17) is 5.73 Å². The minimum absolute atomic E-state index is 0.0203. The van der Waals surface area contributed by atoms with Crippen LogP contribution in [0.1, 0.15) is 31.4 Å². The molecule has 1 aliphatic carbocycles. The third-order valence-electron chi connectivity index (χ3n) is 5.60. The first-order valence-electron chi connectivity index (χ1n) is 9.56. The van der Waals surface area contributed by atoms with Crippen molar-refractivity contribution < 1.29 is 18.0 Å². The van der Waals surface area contributed by atoms with Crippen LogP contribution in [0.15, 0.2) is 23.1 Å². The molecule has 0 unspecified atom stereocenters. The van der Waals surface area contributed by atoms with Gasteiger partial charge in [0.05, 0.1) is 17.0 Å². The summed E-state index contributed by atoms with van der Waals surface area (Å²) in [6.07, 6.45) is 3.01. The number of hydrogen-bond acceptors (Lipinski definition) is 5. The van der Waals surface area contributed by atoms with E-state index in [1.54, 1.807) is 30.9 Å². The van der Waals surface area contributed by atoms with E-state index in [1.807, 2.05) is 6.07 Å². The average molecular weight is 409 g/mol. The van der Waals surface area contributed by atoms with Crippen LogP contribution in [-0.2, 0) is 32.5 Å². The molecule has 9 heteroatoms. The highest BCUT2D eigenvalue weighted by Crippen LogP contribution is 2.26. The molecule has 3 N–H and O–H groups in total. The highest BCUT2D eigenvalue weighted by molar-refractivity contribution is 7.89. The van der Waals surface area contributed by atoms with Gasteiger partial charge >= 0.3 is 0 Å². The molecule has 0 spiro atoms. The molecule has 1 aromatic rings. The summed E-state index contributed by atoms with van der Waals surface area (Å²) in [4.78, 5) is 25.6. The van der Waals surface area contributed by atoms with E-state index in [1.165, 1.54) is 9.87 Å². The lowest BCUT2D eigenvalue weighted by Gasteiger charge is -2.34. The molecule has 2 amide bonds. The second-order valence-corrected chi connectivity index (χ2v) is 9.85. The quantitative estimate of drug-likeness (QED) is 0.680. The zero-order chi connectivity index (χ0) is 20.5. The summed E-state index contributed by atoms with van der Waals surface area (Å²) in [6, 6.07) is 5.40. The van der Waals surface area contributed by atoms with Crippen LogP contribution in [0, 0.1) is 0 Å². The van der Waals surface area contributed by atoms with Crippen molar-refractivity contribution in [3.05, 3.63) is 29.3 Å². The minimum Gasteiger partial charge on any atom is -0.368 e. The predicted octanol–water partition coefficient (Wildman–Crippen LogP) is -0.138. The van der Waals surface area contributed by atoms with Crippen molar-refractivity contribution in [2.24, 2.45) is 5.73 Å². The molecule has 1 aromatic carbocycles. The molecule has 1 saturated heterocycles. The van der Waals surface area contributed by atoms with Crippen molar-refractivity contribution in [3.8, 4) is 0 Å². The lowest BCUT2D eigenvalue weighted by atomic mass is 10.1. The van der Waals surface area contributed by atoms with Crippen LogP contribution < -0.4 is 11.1 Å². The van der Waals surface area contributed by atoms with Gasteiger partial charge in [-0.2, -0.15) is 4.31 Å². The Morgan fingerprint density at radius 2 is 1.75 bits per heavy atom. The number of nitrogens with two attached hydrogens (primary N) is 1. The zero-order valence-corrected chi connectivity index (χ0v) is 17.2. The predicted molar refractivity (Wildman–Crippen MR) is 105 cm³/mol. The summed E-state index contributed by atoms with van der Waals surface area (Å²) in [6.45, 7) is 4.36. The van der Waals surface area contributed by atoms with Crippen molar-refractivity contribution in [2.45, 2.75) is 43.5 Å². The Kier molecular flexibility index (Phi) is 5.79. The van der Waals surface area contributed by atoms with Gasteiger partial charge in [-0.3, -0.25) is 14.9 Å². The van der Waals surface area contributed by atoms with Gasteiger partial charge in [0.25, 0.3) is 0 Å². The molecule has 1 heterocycles. The van der Waals surface area contributed by atoms with E-state index >= 15 is 0 Å². The number of fused-ring (bicyclic) bond motifs is 1. The van der Waals surface area contributed by atoms with Crippen LogP contribution in [0.3, 0.4) is 0 Å². The second-order valence-electron chi connectivity index (χ2n) is 7.91. The minimum atomic E-state index is -3.56. The number of rotatable bonds is 6. The fourth-order valence-electron chi connectivity index (χ4n) is 3.53. The molecule has 1 aliphatic heterocycles. The van der Waals surface area contributed by atoms with Gasteiger partial charge in [-0.25, -0.2) is 8.42 Å². The van der Waals surface area contributed by atoms with Gasteiger partial charge in [0.1, 0.15) is 0 Å². The van der Waals surface area contributed by atoms with Gasteiger partial charge in [-0.1, -0.05) is 6.07 Å². The highest BCUT2D eigenvalue weighted by Gasteiger charge is 2.32. The third-order valence-corrected chi connectivity index (χ3v) is 7.49. The van der Waals surface area contributed by atoms with Gasteiger partial charge in [0.15, 0.2) is 0 Å². The summed E-state index contributed by atoms with van der Waals surface area (Å²) in [5, 5.41) is 2.85. The molecule has 0 saturated carbocycles. The Labute approximate surface area is 166 Å². The monoisotopic (exact) mass is 408 g/mol. The topological polar surface area (TPSA) is 113 Å². The van der Waals surface area contributed by atoms with Gasteiger partial charge in [0, 0.05) is 26.2 Å². The molecular formula is C19H28N4O4S. The number of primary amides is 1. The Morgan fingerprint density at radius 3 is 2.39 bits per heavy atom. The smallest absolute Gasteiger partial charge is 0.243 e. The number of sulfonamides is 1. The first-order chi connectivity index (χ1) is 13.1. The number of piperazine rings is 1. The highest BCUT2D eigenvalue weighted by atomic mass is 32.2. The molecule has 154 valence electrons. The maximum atomic E-state index is 13.0. The molecule has 0 aromatic heterocycles. The van der Waals surface area contributed by atoms with Gasteiger partial charge < -0.3 is 10.6 Å². The number of aryl methyl sites for hydroxylation is 2. The largest absolute Gasteiger partial charge is 0.368 e. The average Bonchev–Trinajstić information content (AvgIpc) is 3.14. The number of hydrogen-bond donors (Lipinski definition) is 2. The number of nitrogens with zero attached hydrogens (tertiary/aromatic N) is 2. The maximum Gasteiger partial charge on any atom is 0.243 e. The lowest BCUT2D eigenvalue weighted by Crippen LogP contribution is -2.56. The van der Waals surface area contributed by atoms with E-state index in [2.05, 4.69) is 5.32 Å². The summed E-state index contributed by atoms with van der Waals surface area (Å²) < 4.78 is 27.3. The molecule has 2 aliphatic rings. The Hall–Kier alpha value is -1.97. The molecule has 0 bridgehead atoms. The van der Waals surface area contributed by atoms with Crippen molar-refractivity contribution in [1.29, 1.82) is 0 Å². The van der Waals surface area contributed by atoms with Crippen LogP contribution >= 0.6 is 0 Å². The zero-order valence-electron chi connectivity index (χ0n) is 16.4. The normalized spacial score (nSPS) is 18.1. The molecule has 0 radical (unpaired) electrons. The molecule has 1 fully saturated rings. The van der Waals surface area contributed by atoms with Crippen molar-refractivity contribution in [3.63, 3.8) is 0 Å². The number of carbonyl (C=O) groups excluding carboxylic acids is 2. The van der Waals surface area contributed by atoms with Gasteiger partial charge in [-0.15, -0.1) is 0 Å². The molecule has 28 heavy (non-hydrogen) atoms. The Bertz CT molecular complexity index is 874. The van der Waals surface area contributed by atoms with Crippen LogP contribution in [-0.4, -0.2) is 67.7 Å². The fourth-order valence-corrected chi connectivity index (χ4v) is 5.00. The van der Waals surface area contributed by atoms with E-state index in [0.29, 0.717) is 18.0 Å². The molecule has 8 nitrogen and oxygen atoms in total. The third kappa shape index (κ3) is 4.21. The first kappa shape index (κ1) is 20.8. The summed E-state index contributed by atoms with van der Waals surface area (Å²) in [5.74, 6) is -0.713. The van der Waals surface area contributed by atoms with E-state index in [-0.39, 0.29) is 25.5 Å². The van der Waals surface area contributed by atoms with E-state index in [0.717, 1.165) is 24.8 Å². The number of nitrogens with one attached hydrogen (secondary N) is 1. The van der Waals surface area contributed by atoms with Crippen LogP contribution in [0.5, 0.6) is 0 Å². The van der Waals surface area contributed by atoms with Crippen molar-refractivity contribution in [1.82, 2.24) is 14.5 Å². The van der Waals surface area contributed by atoms with Crippen molar-refractivity contribution >= 4 is 21.8 Å². The van der Waals surface area contributed by atoms with E-state index in [9.17, 15) is 18.0 Å². The maximum absolute atomic E-state index is 13.0.